The topological polar surface area (TPSA) is 75.4 Å². The van der Waals surface area contributed by atoms with Crippen LogP contribution in [0.5, 0.6) is 0 Å². The first-order valence-corrected chi connectivity index (χ1v) is 5.64. The van der Waals surface area contributed by atoms with Crippen LogP contribution >= 0.6 is 0 Å². The number of amides is 1. The first-order valence-electron chi connectivity index (χ1n) is 5.64. The zero-order valence-electron chi connectivity index (χ0n) is 9.99. The maximum atomic E-state index is 11.4. The lowest BCUT2D eigenvalue weighted by atomic mass is 10.0. The van der Waals surface area contributed by atoms with Crippen LogP contribution in [-0.2, 0) is 4.79 Å². The zero-order chi connectivity index (χ0) is 11.8. The molecular weight excluding hydrogens is 192 g/mol. The van der Waals surface area contributed by atoms with Gasteiger partial charge in [-0.15, -0.1) is 0 Å². The fourth-order valence-electron chi connectivity index (χ4n) is 1.36. The molecule has 90 valence electrons. The molecule has 0 saturated carbocycles. The summed E-state index contributed by atoms with van der Waals surface area (Å²) in [5.74, 6) is 0.345. The monoisotopic (exact) mass is 216 g/mol. The molecule has 0 spiro atoms. The number of nitrogens with one attached hydrogen (secondary N) is 1. The Hall–Kier alpha value is -0.610. The minimum atomic E-state index is -0.406. The predicted molar refractivity (Wildman–Crippen MR) is 61.4 cm³/mol. The Bertz CT molecular complexity index is 181. The molecule has 0 saturated heterocycles. The van der Waals surface area contributed by atoms with Crippen LogP contribution in [0.3, 0.4) is 0 Å². The molecule has 0 rings (SSSR count). The van der Waals surface area contributed by atoms with E-state index in [0.29, 0.717) is 25.3 Å². The van der Waals surface area contributed by atoms with E-state index in [-0.39, 0.29) is 12.0 Å². The molecule has 1 amide bonds. The van der Waals surface area contributed by atoms with Gasteiger partial charge in [0, 0.05) is 6.54 Å². The standard InChI is InChI=1S/C11H24N2O2/c1-8(2)7-10(12)11(15)13-6-4-5-9(3)14/h8-10,14H,4-7,12H2,1-3H3,(H,13,15)/t9?,10-/m0/s1. The highest BCUT2D eigenvalue weighted by Crippen LogP contribution is 2.02. The van der Waals surface area contributed by atoms with Crippen LogP contribution in [0.4, 0.5) is 0 Å². The second-order valence-corrected chi connectivity index (χ2v) is 4.52. The Labute approximate surface area is 92.2 Å². The highest BCUT2D eigenvalue weighted by Gasteiger charge is 2.13. The molecule has 0 aliphatic carbocycles. The second kappa shape index (κ2) is 7.65. The van der Waals surface area contributed by atoms with E-state index >= 15 is 0 Å². The van der Waals surface area contributed by atoms with E-state index in [0.717, 1.165) is 6.42 Å². The Kier molecular flexibility index (Phi) is 7.34. The van der Waals surface area contributed by atoms with Gasteiger partial charge in [-0.3, -0.25) is 4.79 Å². The Morgan fingerprint density at radius 2 is 2.00 bits per heavy atom. The van der Waals surface area contributed by atoms with Gasteiger partial charge in [-0.1, -0.05) is 13.8 Å². The van der Waals surface area contributed by atoms with Crippen molar-refractivity contribution in [2.24, 2.45) is 11.7 Å². The molecule has 4 heteroatoms. The third-order valence-electron chi connectivity index (χ3n) is 2.16. The van der Waals surface area contributed by atoms with Gasteiger partial charge < -0.3 is 16.2 Å². The second-order valence-electron chi connectivity index (χ2n) is 4.52. The molecular formula is C11H24N2O2. The quantitative estimate of drug-likeness (QED) is 0.547. The molecule has 0 fully saturated rings. The van der Waals surface area contributed by atoms with Gasteiger partial charge >= 0.3 is 0 Å². The number of hydrogen-bond donors (Lipinski definition) is 3. The van der Waals surface area contributed by atoms with Crippen molar-refractivity contribution in [3.63, 3.8) is 0 Å². The van der Waals surface area contributed by atoms with Gasteiger partial charge in [0.2, 0.25) is 5.91 Å². The van der Waals surface area contributed by atoms with E-state index in [1.54, 1.807) is 6.92 Å². The van der Waals surface area contributed by atoms with E-state index in [4.69, 9.17) is 10.8 Å². The maximum absolute atomic E-state index is 11.4. The fraction of sp³-hybridized carbons (Fsp3) is 0.909. The summed E-state index contributed by atoms with van der Waals surface area (Å²) in [5.41, 5.74) is 5.70. The van der Waals surface area contributed by atoms with E-state index in [1.807, 2.05) is 13.8 Å². The molecule has 0 radical (unpaired) electrons. The van der Waals surface area contributed by atoms with Gasteiger partial charge in [-0.05, 0) is 32.1 Å². The summed E-state index contributed by atoms with van der Waals surface area (Å²) in [6.45, 7) is 6.42. The molecule has 4 N–H and O–H groups in total. The predicted octanol–water partition coefficient (Wildman–Crippen LogP) is 0.637. The van der Waals surface area contributed by atoms with Gasteiger partial charge in [0.05, 0.1) is 12.1 Å². The first-order chi connectivity index (χ1) is 6.93. The number of carbonyl (C=O) groups excluding carboxylic acids is 1. The molecule has 0 aromatic rings. The van der Waals surface area contributed by atoms with E-state index < -0.39 is 6.04 Å². The highest BCUT2D eigenvalue weighted by atomic mass is 16.3. The molecule has 15 heavy (non-hydrogen) atoms. The Morgan fingerprint density at radius 1 is 1.40 bits per heavy atom. The van der Waals surface area contributed by atoms with E-state index in [2.05, 4.69) is 5.32 Å². The smallest absolute Gasteiger partial charge is 0.236 e. The van der Waals surface area contributed by atoms with Gasteiger partial charge in [-0.2, -0.15) is 0 Å². The first kappa shape index (κ1) is 14.4. The summed E-state index contributed by atoms with van der Waals surface area (Å²) in [4.78, 5) is 11.4. The van der Waals surface area contributed by atoms with Crippen LogP contribution < -0.4 is 11.1 Å². The summed E-state index contributed by atoms with van der Waals surface area (Å²) in [6.07, 6.45) is 1.91. The van der Waals surface area contributed by atoms with E-state index in [1.165, 1.54) is 0 Å². The van der Waals surface area contributed by atoms with Crippen molar-refractivity contribution in [2.75, 3.05) is 6.54 Å². The lowest BCUT2D eigenvalue weighted by Crippen LogP contribution is -2.41. The van der Waals surface area contributed by atoms with E-state index in [9.17, 15) is 4.79 Å². The van der Waals surface area contributed by atoms with Crippen LogP contribution in [0.1, 0.15) is 40.0 Å². The molecule has 0 bridgehead atoms. The minimum Gasteiger partial charge on any atom is -0.393 e. The summed E-state index contributed by atoms with van der Waals surface area (Å²) < 4.78 is 0. The van der Waals surface area contributed by atoms with Crippen molar-refractivity contribution in [1.82, 2.24) is 5.32 Å². The number of aliphatic hydroxyl groups is 1. The molecule has 0 aliphatic heterocycles. The molecule has 0 aliphatic rings. The summed E-state index contributed by atoms with van der Waals surface area (Å²) in [7, 11) is 0. The van der Waals surface area contributed by atoms with Crippen molar-refractivity contribution < 1.29 is 9.90 Å². The molecule has 2 atom stereocenters. The molecule has 0 aromatic carbocycles. The van der Waals surface area contributed by atoms with Crippen LogP contribution in [0, 0.1) is 5.92 Å². The lowest BCUT2D eigenvalue weighted by Gasteiger charge is -2.14. The number of aliphatic hydroxyl groups excluding tert-OH is 1. The maximum Gasteiger partial charge on any atom is 0.236 e. The van der Waals surface area contributed by atoms with Crippen molar-refractivity contribution in [3.8, 4) is 0 Å². The number of rotatable bonds is 7. The van der Waals surface area contributed by atoms with Gasteiger partial charge in [0.25, 0.3) is 0 Å². The van der Waals surface area contributed by atoms with Crippen molar-refractivity contribution in [1.29, 1.82) is 0 Å². The number of nitrogens with two attached hydrogens (primary N) is 1. The van der Waals surface area contributed by atoms with Crippen molar-refractivity contribution in [3.05, 3.63) is 0 Å². The number of carbonyl (C=O) groups is 1. The molecule has 0 aromatic heterocycles. The van der Waals surface area contributed by atoms with Crippen LogP contribution in [0.15, 0.2) is 0 Å². The summed E-state index contributed by atoms with van der Waals surface area (Å²) in [5, 5.41) is 11.8. The van der Waals surface area contributed by atoms with Crippen LogP contribution in [-0.4, -0.2) is 29.7 Å². The zero-order valence-corrected chi connectivity index (χ0v) is 9.99. The fourth-order valence-corrected chi connectivity index (χ4v) is 1.36. The third-order valence-corrected chi connectivity index (χ3v) is 2.16. The molecule has 0 heterocycles. The lowest BCUT2D eigenvalue weighted by molar-refractivity contribution is -0.122. The average Bonchev–Trinajstić information content (AvgIpc) is 2.10. The van der Waals surface area contributed by atoms with Crippen molar-refractivity contribution in [2.45, 2.75) is 52.2 Å². The average molecular weight is 216 g/mol. The van der Waals surface area contributed by atoms with Crippen LogP contribution in [0.25, 0.3) is 0 Å². The largest absolute Gasteiger partial charge is 0.393 e. The normalized spacial score (nSPS) is 15.1. The molecule has 4 nitrogen and oxygen atoms in total. The highest BCUT2D eigenvalue weighted by molar-refractivity contribution is 5.81. The summed E-state index contributed by atoms with van der Waals surface area (Å²) in [6, 6.07) is -0.406. The SMILES string of the molecule is CC(C)C[C@H](N)C(=O)NCCCC(C)O. The third kappa shape index (κ3) is 8.39. The van der Waals surface area contributed by atoms with Gasteiger partial charge in [0.15, 0.2) is 0 Å². The van der Waals surface area contributed by atoms with Gasteiger partial charge in [-0.25, -0.2) is 0 Å². The van der Waals surface area contributed by atoms with Gasteiger partial charge in [0.1, 0.15) is 0 Å². The minimum absolute atomic E-state index is 0.0886. The number of hydrogen-bond acceptors (Lipinski definition) is 3. The Balaban J connectivity index is 3.56. The summed E-state index contributed by atoms with van der Waals surface area (Å²) >= 11 is 0. The molecule has 1 unspecified atom stereocenters. The van der Waals surface area contributed by atoms with Crippen molar-refractivity contribution >= 4 is 5.91 Å². The van der Waals surface area contributed by atoms with Crippen LogP contribution in [0.2, 0.25) is 0 Å². The Morgan fingerprint density at radius 3 is 2.47 bits per heavy atom.